The van der Waals surface area contributed by atoms with E-state index in [1.54, 1.807) is 13.0 Å². The van der Waals surface area contributed by atoms with Crippen LogP contribution in [0.3, 0.4) is 0 Å². The van der Waals surface area contributed by atoms with Crippen molar-refractivity contribution in [2.75, 3.05) is 0 Å². The lowest BCUT2D eigenvalue weighted by Gasteiger charge is -2.13. The number of carbonyl (C=O) groups excluding carboxylic acids is 1. The Morgan fingerprint density at radius 1 is 1.44 bits per heavy atom. The molecule has 0 bridgehead atoms. The molecule has 3 nitrogen and oxygen atoms in total. The maximum absolute atomic E-state index is 11.6. The molecule has 2 N–H and O–H groups in total. The fourth-order valence-corrected chi connectivity index (χ4v) is 1.81. The van der Waals surface area contributed by atoms with Gasteiger partial charge in [-0.25, -0.2) is 0 Å². The van der Waals surface area contributed by atoms with Gasteiger partial charge >= 0.3 is 0 Å². The van der Waals surface area contributed by atoms with Gasteiger partial charge in [0.25, 0.3) is 0 Å². The minimum absolute atomic E-state index is 0.0281. The van der Waals surface area contributed by atoms with Gasteiger partial charge < -0.3 is 10.4 Å². The van der Waals surface area contributed by atoms with Gasteiger partial charge in [0, 0.05) is 12.1 Å². The molecule has 0 aliphatic carbocycles. The van der Waals surface area contributed by atoms with Gasteiger partial charge in [-0.1, -0.05) is 29.8 Å². The van der Waals surface area contributed by atoms with Crippen LogP contribution in [0.2, 0.25) is 0 Å². The molecule has 0 aliphatic heterocycles. The first-order valence-corrected chi connectivity index (χ1v) is 6.20. The summed E-state index contributed by atoms with van der Waals surface area (Å²) in [4.78, 5) is 11.6. The third kappa shape index (κ3) is 5.64. The number of aliphatic hydroxyl groups is 1. The number of hydrogen-bond donors (Lipinski definition) is 2. The van der Waals surface area contributed by atoms with Gasteiger partial charge in [-0.3, -0.25) is 4.79 Å². The van der Waals surface area contributed by atoms with Gasteiger partial charge in [0.15, 0.2) is 0 Å². The SMILES string of the molecule is Cc1cccc(/C=C/C(=O)NC(C)CC(C)O)c1. The number of carbonyl (C=O) groups is 1. The van der Waals surface area contributed by atoms with E-state index in [1.165, 1.54) is 11.6 Å². The van der Waals surface area contributed by atoms with Crippen LogP contribution in [0.15, 0.2) is 30.3 Å². The number of rotatable bonds is 5. The zero-order chi connectivity index (χ0) is 13.5. The Kier molecular flexibility index (Phi) is 5.59. The van der Waals surface area contributed by atoms with Gasteiger partial charge in [0.2, 0.25) is 5.91 Å². The molecule has 0 spiro atoms. The summed E-state index contributed by atoms with van der Waals surface area (Å²) in [5.41, 5.74) is 2.17. The zero-order valence-corrected chi connectivity index (χ0v) is 11.2. The quantitative estimate of drug-likeness (QED) is 0.784. The third-order valence-corrected chi connectivity index (χ3v) is 2.55. The van der Waals surface area contributed by atoms with Crippen LogP contribution in [-0.4, -0.2) is 23.2 Å². The normalized spacial score (nSPS) is 14.4. The largest absolute Gasteiger partial charge is 0.393 e. The van der Waals surface area contributed by atoms with Crippen LogP contribution in [0.5, 0.6) is 0 Å². The average molecular weight is 247 g/mol. The molecule has 0 aliphatic rings. The van der Waals surface area contributed by atoms with E-state index in [2.05, 4.69) is 5.32 Å². The average Bonchev–Trinajstić information content (AvgIpc) is 2.25. The van der Waals surface area contributed by atoms with Crippen molar-refractivity contribution in [3.8, 4) is 0 Å². The number of benzene rings is 1. The minimum atomic E-state index is -0.402. The Balaban J connectivity index is 2.49. The summed E-state index contributed by atoms with van der Waals surface area (Å²) in [6.45, 7) is 5.61. The van der Waals surface area contributed by atoms with Crippen molar-refractivity contribution in [3.05, 3.63) is 41.5 Å². The fraction of sp³-hybridized carbons (Fsp3) is 0.400. The van der Waals surface area contributed by atoms with Crippen molar-refractivity contribution >= 4 is 12.0 Å². The van der Waals surface area contributed by atoms with Crippen LogP contribution in [0.1, 0.15) is 31.4 Å². The van der Waals surface area contributed by atoms with Gasteiger partial charge in [-0.05, 0) is 38.8 Å². The van der Waals surface area contributed by atoms with Crippen LogP contribution < -0.4 is 5.32 Å². The monoisotopic (exact) mass is 247 g/mol. The highest BCUT2D eigenvalue weighted by Gasteiger charge is 2.07. The van der Waals surface area contributed by atoms with Crippen molar-refractivity contribution in [1.29, 1.82) is 0 Å². The Hall–Kier alpha value is -1.61. The molecule has 1 aromatic carbocycles. The van der Waals surface area contributed by atoms with E-state index < -0.39 is 6.10 Å². The molecule has 3 heteroatoms. The molecule has 98 valence electrons. The van der Waals surface area contributed by atoms with Crippen molar-refractivity contribution in [1.82, 2.24) is 5.32 Å². The second kappa shape index (κ2) is 6.97. The van der Waals surface area contributed by atoms with Crippen LogP contribution >= 0.6 is 0 Å². The molecule has 0 saturated heterocycles. The van der Waals surface area contributed by atoms with Crippen LogP contribution in [0.25, 0.3) is 6.08 Å². The lowest BCUT2D eigenvalue weighted by Crippen LogP contribution is -2.33. The summed E-state index contributed by atoms with van der Waals surface area (Å²) in [7, 11) is 0. The summed E-state index contributed by atoms with van der Waals surface area (Å²) < 4.78 is 0. The number of hydrogen-bond acceptors (Lipinski definition) is 2. The molecule has 0 fully saturated rings. The predicted molar refractivity (Wildman–Crippen MR) is 74.1 cm³/mol. The third-order valence-electron chi connectivity index (χ3n) is 2.55. The Morgan fingerprint density at radius 2 is 2.17 bits per heavy atom. The van der Waals surface area contributed by atoms with Crippen LogP contribution in [-0.2, 0) is 4.79 Å². The number of amides is 1. The molecule has 2 atom stereocenters. The highest BCUT2D eigenvalue weighted by Crippen LogP contribution is 2.05. The Bertz CT molecular complexity index is 424. The summed E-state index contributed by atoms with van der Waals surface area (Å²) >= 11 is 0. The summed E-state index contributed by atoms with van der Waals surface area (Å²) in [6, 6.07) is 7.92. The molecule has 0 radical (unpaired) electrons. The smallest absolute Gasteiger partial charge is 0.244 e. The number of aryl methyl sites for hydroxylation is 1. The van der Waals surface area contributed by atoms with Crippen LogP contribution in [0, 0.1) is 6.92 Å². The van der Waals surface area contributed by atoms with E-state index in [-0.39, 0.29) is 11.9 Å². The second-order valence-electron chi connectivity index (χ2n) is 4.74. The Morgan fingerprint density at radius 3 is 2.78 bits per heavy atom. The molecule has 1 rings (SSSR count). The van der Waals surface area contributed by atoms with Crippen molar-refractivity contribution in [2.45, 2.75) is 39.3 Å². The van der Waals surface area contributed by atoms with E-state index in [0.717, 1.165) is 5.56 Å². The molecule has 18 heavy (non-hydrogen) atoms. The summed E-state index contributed by atoms with van der Waals surface area (Å²) in [5.74, 6) is -0.135. The minimum Gasteiger partial charge on any atom is -0.393 e. The number of nitrogens with one attached hydrogen (secondary N) is 1. The molecule has 0 aromatic heterocycles. The van der Waals surface area contributed by atoms with E-state index in [1.807, 2.05) is 38.1 Å². The zero-order valence-electron chi connectivity index (χ0n) is 11.2. The molecule has 0 saturated carbocycles. The second-order valence-corrected chi connectivity index (χ2v) is 4.74. The first-order valence-electron chi connectivity index (χ1n) is 6.20. The fourth-order valence-electron chi connectivity index (χ4n) is 1.81. The lowest BCUT2D eigenvalue weighted by molar-refractivity contribution is -0.117. The number of aliphatic hydroxyl groups excluding tert-OH is 1. The van der Waals surface area contributed by atoms with E-state index >= 15 is 0 Å². The van der Waals surface area contributed by atoms with Gasteiger partial charge in [-0.2, -0.15) is 0 Å². The highest BCUT2D eigenvalue weighted by molar-refractivity contribution is 5.91. The molecular formula is C15H21NO2. The summed E-state index contributed by atoms with van der Waals surface area (Å²) in [6.07, 6.45) is 3.47. The van der Waals surface area contributed by atoms with E-state index in [4.69, 9.17) is 0 Å². The van der Waals surface area contributed by atoms with E-state index in [9.17, 15) is 9.90 Å². The molecule has 1 amide bonds. The predicted octanol–water partition coefficient (Wildman–Crippen LogP) is 2.28. The topological polar surface area (TPSA) is 49.3 Å². The maximum Gasteiger partial charge on any atom is 0.244 e. The highest BCUT2D eigenvalue weighted by atomic mass is 16.3. The van der Waals surface area contributed by atoms with E-state index in [0.29, 0.717) is 6.42 Å². The van der Waals surface area contributed by atoms with Gasteiger partial charge in [0.05, 0.1) is 6.10 Å². The van der Waals surface area contributed by atoms with Gasteiger partial charge in [0.1, 0.15) is 0 Å². The van der Waals surface area contributed by atoms with Crippen molar-refractivity contribution in [2.24, 2.45) is 0 Å². The first kappa shape index (κ1) is 14.5. The molecule has 2 unspecified atom stereocenters. The van der Waals surface area contributed by atoms with Crippen molar-refractivity contribution in [3.63, 3.8) is 0 Å². The standard InChI is InChI=1S/C15H21NO2/c1-11-5-4-6-14(9-11)7-8-15(18)16-12(2)10-13(3)17/h4-9,12-13,17H,10H2,1-3H3,(H,16,18)/b8-7+. The Labute approximate surface area is 109 Å². The molecule has 1 aromatic rings. The first-order chi connectivity index (χ1) is 8.47. The van der Waals surface area contributed by atoms with Gasteiger partial charge in [-0.15, -0.1) is 0 Å². The molecular weight excluding hydrogens is 226 g/mol. The molecule has 0 heterocycles. The summed E-state index contributed by atoms with van der Waals surface area (Å²) in [5, 5.41) is 12.0. The lowest BCUT2D eigenvalue weighted by atomic mass is 10.1. The van der Waals surface area contributed by atoms with Crippen LogP contribution in [0.4, 0.5) is 0 Å². The maximum atomic E-state index is 11.6. The van der Waals surface area contributed by atoms with Crippen molar-refractivity contribution < 1.29 is 9.90 Å².